The van der Waals surface area contributed by atoms with Crippen LogP contribution in [0.25, 0.3) is 6.08 Å². The first kappa shape index (κ1) is 28.1. The summed E-state index contributed by atoms with van der Waals surface area (Å²) in [5.41, 5.74) is 5.61. The third-order valence-corrected chi connectivity index (χ3v) is 7.09. The van der Waals surface area contributed by atoms with Crippen molar-refractivity contribution < 1.29 is 20.1 Å². The third kappa shape index (κ3) is 6.50. The van der Waals surface area contributed by atoms with Gasteiger partial charge in [-0.05, 0) is 66.0 Å². The maximum atomic E-state index is 10.4. The molecule has 188 valence electrons. The molecule has 0 radical (unpaired) electrons. The second-order valence-corrected chi connectivity index (χ2v) is 10.6. The Bertz CT molecular complexity index is 947. The summed E-state index contributed by atoms with van der Waals surface area (Å²) in [6, 6.07) is 13.0. The largest absolute Gasteiger partial charge is 0.493 e. The highest BCUT2D eigenvalue weighted by molar-refractivity contribution is 5.57. The number of ether oxygens (including phenoxy) is 1. The SMILES string of the molecule is CCC(CC)(c1ccc(C=CC(O)C(C)(C)C)c(C)c1)c1ccc(OCC(CO)CO)c(C)c1. The molecule has 3 N–H and O–H groups in total. The van der Waals surface area contributed by atoms with Gasteiger partial charge < -0.3 is 20.1 Å². The van der Waals surface area contributed by atoms with E-state index in [4.69, 9.17) is 4.74 Å². The van der Waals surface area contributed by atoms with Gasteiger partial charge in [0.1, 0.15) is 5.75 Å². The van der Waals surface area contributed by atoms with E-state index in [9.17, 15) is 15.3 Å². The van der Waals surface area contributed by atoms with Gasteiger partial charge in [0, 0.05) is 11.3 Å². The predicted octanol–water partition coefficient (Wildman–Crippen LogP) is 5.81. The van der Waals surface area contributed by atoms with E-state index in [1.807, 2.05) is 45.9 Å². The summed E-state index contributed by atoms with van der Waals surface area (Å²) in [5.74, 6) is 0.510. The molecular weight excluding hydrogens is 424 g/mol. The molecule has 0 saturated heterocycles. The first-order valence-corrected chi connectivity index (χ1v) is 12.4. The van der Waals surface area contributed by atoms with Crippen molar-refractivity contribution in [1.82, 2.24) is 0 Å². The minimum Gasteiger partial charge on any atom is -0.493 e. The molecule has 4 nitrogen and oxygen atoms in total. The lowest BCUT2D eigenvalue weighted by molar-refractivity contribution is 0.106. The van der Waals surface area contributed by atoms with Crippen molar-refractivity contribution in [2.75, 3.05) is 19.8 Å². The maximum absolute atomic E-state index is 10.4. The number of aliphatic hydroxyl groups excluding tert-OH is 3. The number of aryl methyl sites for hydroxylation is 2. The standard InChI is InChI=1S/C30H44O4/c1-8-30(9-2,26-13-14-27(22(4)17-26)34-20-23(18-31)19-32)25-12-10-24(21(3)16-25)11-15-28(33)29(5,6)7/h10-17,23,28,31-33H,8-9,18-20H2,1-7H3. The normalized spacial score (nSPS) is 13.6. The second-order valence-electron chi connectivity index (χ2n) is 10.6. The lowest BCUT2D eigenvalue weighted by Gasteiger charge is -2.34. The number of rotatable bonds is 11. The molecule has 0 spiro atoms. The zero-order valence-electron chi connectivity index (χ0n) is 22.1. The third-order valence-electron chi connectivity index (χ3n) is 7.09. The molecule has 0 fully saturated rings. The molecule has 2 rings (SSSR count). The van der Waals surface area contributed by atoms with Gasteiger partial charge in [-0.3, -0.25) is 0 Å². The van der Waals surface area contributed by atoms with Crippen LogP contribution >= 0.6 is 0 Å². The number of benzene rings is 2. The van der Waals surface area contributed by atoms with E-state index in [2.05, 4.69) is 51.1 Å². The van der Waals surface area contributed by atoms with Gasteiger partial charge in [0.25, 0.3) is 0 Å². The molecule has 34 heavy (non-hydrogen) atoms. The van der Waals surface area contributed by atoms with Crippen molar-refractivity contribution in [2.45, 2.75) is 72.8 Å². The van der Waals surface area contributed by atoms with Crippen molar-refractivity contribution in [3.63, 3.8) is 0 Å². The van der Waals surface area contributed by atoms with Crippen LogP contribution in [0.1, 0.15) is 75.3 Å². The Morgan fingerprint density at radius 2 is 1.44 bits per heavy atom. The molecule has 2 aromatic rings. The van der Waals surface area contributed by atoms with Crippen LogP contribution in [0.3, 0.4) is 0 Å². The Hall–Kier alpha value is -2.14. The van der Waals surface area contributed by atoms with Crippen LogP contribution in [0, 0.1) is 25.2 Å². The smallest absolute Gasteiger partial charge is 0.122 e. The zero-order valence-corrected chi connectivity index (χ0v) is 22.1. The monoisotopic (exact) mass is 468 g/mol. The lowest BCUT2D eigenvalue weighted by Crippen LogP contribution is -2.26. The Morgan fingerprint density at radius 1 is 0.882 bits per heavy atom. The van der Waals surface area contributed by atoms with E-state index < -0.39 is 6.10 Å². The van der Waals surface area contributed by atoms with Crippen LogP contribution in [0.5, 0.6) is 5.75 Å². The molecule has 0 aliphatic carbocycles. The van der Waals surface area contributed by atoms with E-state index in [1.54, 1.807) is 0 Å². The molecule has 0 amide bonds. The molecular formula is C30H44O4. The Labute approximate surface area is 206 Å². The second kappa shape index (κ2) is 12.0. The van der Waals surface area contributed by atoms with Crippen molar-refractivity contribution in [2.24, 2.45) is 11.3 Å². The van der Waals surface area contributed by atoms with Crippen LogP contribution < -0.4 is 4.74 Å². The molecule has 0 bridgehead atoms. The van der Waals surface area contributed by atoms with Crippen LogP contribution in [0.4, 0.5) is 0 Å². The lowest BCUT2D eigenvalue weighted by atomic mass is 9.70. The van der Waals surface area contributed by atoms with Crippen molar-refractivity contribution in [3.05, 3.63) is 70.3 Å². The van der Waals surface area contributed by atoms with Crippen molar-refractivity contribution >= 4 is 6.08 Å². The summed E-state index contributed by atoms with van der Waals surface area (Å²) in [6.45, 7) is 14.8. The summed E-state index contributed by atoms with van der Waals surface area (Å²) in [4.78, 5) is 0. The molecule has 0 aliphatic heterocycles. The molecule has 1 atom stereocenters. The first-order chi connectivity index (χ1) is 16.0. The first-order valence-electron chi connectivity index (χ1n) is 12.4. The summed E-state index contributed by atoms with van der Waals surface area (Å²) < 4.78 is 5.88. The van der Waals surface area contributed by atoms with Gasteiger partial charge in [-0.25, -0.2) is 0 Å². The summed E-state index contributed by atoms with van der Waals surface area (Å²) in [6.07, 6.45) is 5.35. The summed E-state index contributed by atoms with van der Waals surface area (Å²) in [5, 5.41) is 29.0. The fourth-order valence-corrected chi connectivity index (χ4v) is 4.36. The molecule has 0 aliphatic rings. The maximum Gasteiger partial charge on any atom is 0.122 e. The molecule has 4 heteroatoms. The molecule has 0 saturated carbocycles. The quantitative estimate of drug-likeness (QED) is 0.389. The van der Waals surface area contributed by atoms with Crippen LogP contribution in [0.15, 0.2) is 42.5 Å². The molecule has 2 aromatic carbocycles. The van der Waals surface area contributed by atoms with Gasteiger partial charge in [-0.2, -0.15) is 0 Å². The Balaban J connectivity index is 2.36. The van der Waals surface area contributed by atoms with Crippen molar-refractivity contribution in [1.29, 1.82) is 0 Å². The van der Waals surface area contributed by atoms with Gasteiger partial charge >= 0.3 is 0 Å². The fourth-order valence-electron chi connectivity index (χ4n) is 4.36. The van der Waals surface area contributed by atoms with Crippen LogP contribution in [0.2, 0.25) is 0 Å². The number of hydrogen-bond acceptors (Lipinski definition) is 4. The van der Waals surface area contributed by atoms with E-state index in [1.165, 1.54) is 16.7 Å². The van der Waals surface area contributed by atoms with E-state index in [-0.39, 0.29) is 36.6 Å². The number of aliphatic hydroxyl groups is 3. The average Bonchev–Trinajstić information content (AvgIpc) is 2.80. The van der Waals surface area contributed by atoms with Crippen LogP contribution in [-0.4, -0.2) is 41.2 Å². The minimum absolute atomic E-state index is 0.0951. The number of hydrogen-bond donors (Lipinski definition) is 3. The van der Waals surface area contributed by atoms with E-state index in [0.717, 1.165) is 29.7 Å². The Morgan fingerprint density at radius 3 is 1.91 bits per heavy atom. The molecule has 1 unspecified atom stereocenters. The fraction of sp³-hybridized carbons (Fsp3) is 0.533. The van der Waals surface area contributed by atoms with Gasteiger partial charge in [0.05, 0.1) is 25.9 Å². The molecule has 0 heterocycles. The summed E-state index contributed by atoms with van der Waals surface area (Å²) in [7, 11) is 0. The highest BCUT2D eigenvalue weighted by Gasteiger charge is 2.31. The predicted molar refractivity (Wildman–Crippen MR) is 141 cm³/mol. The highest BCUT2D eigenvalue weighted by atomic mass is 16.5. The van der Waals surface area contributed by atoms with Gasteiger partial charge in [-0.1, -0.05) is 77.1 Å². The van der Waals surface area contributed by atoms with Gasteiger partial charge in [0.2, 0.25) is 0 Å². The minimum atomic E-state index is -0.495. The summed E-state index contributed by atoms with van der Waals surface area (Å²) >= 11 is 0. The van der Waals surface area contributed by atoms with Crippen molar-refractivity contribution in [3.8, 4) is 5.75 Å². The van der Waals surface area contributed by atoms with E-state index >= 15 is 0 Å². The Kier molecular flexibility index (Phi) is 9.93. The average molecular weight is 469 g/mol. The van der Waals surface area contributed by atoms with Gasteiger partial charge in [-0.15, -0.1) is 0 Å². The highest BCUT2D eigenvalue weighted by Crippen LogP contribution is 2.41. The van der Waals surface area contributed by atoms with Gasteiger partial charge in [0.15, 0.2) is 0 Å². The van der Waals surface area contributed by atoms with Crippen LogP contribution in [-0.2, 0) is 5.41 Å². The zero-order chi connectivity index (χ0) is 25.5. The molecule has 0 aromatic heterocycles. The topological polar surface area (TPSA) is 69.9 Å². The van der Waals surface area contributed by atoms with E-state index in [0.29, 0.717) is 0 Å².